The molecule has 0 aliphatic rings. The van der Waals surface area contributed by atoms with E-state index in [9.17, 15) is 10.0 Å². The predicted molar refractivity (Wildman–Crippen MR) is 46.4 cm³/mol. The van der Waals surface area contributed by atoms with Crippen LogP contribution in [0.1, 0.15) is 5.69 Å². The van der Waals surface area contributed by atoms with Crippen molar-refractivity contribution in [3.63, 3.8) is 0 Å². The molecule has 0 aliphatic heterocycles. The molecule has 1 aromatic heterocycles. The highest BCUT2D eigenvalue weighted by Crippen LogP contribution is 2.05. The number of rotatable bonds is 3. The first-order chi connectivity index (χ1) is 6.50. The van der Waals surface area contributed by atoms with Crippen molar-refractivity contribution in [1.82, 2.24) is 0 Å². The van der Waals surface area contributed by atoms with Gasteiger partial charge < -0.3 is 21.2 Å². The Labute approximate surface area is 79.8 Å². The molecule has 0 saturated carbocycles. The average Bonchev–Trinajstić information content (AvgIpc) is 2.09. The second kappa shape index (κ2) is 3.93. The van der Waals surface area contributed by atoms with Gasteiger partial charge in [-0.1, -0.05) is 0 Å². The summed E-state index contributed by atoms with van der Waals surface area (Å²) in [6.07, 6.45) is 0.878. The molecule has 0 fully saturated rings. The standard InChI is InChI=1S/C8H10N2O4/c9-7(8(12)13)3-5-1-2-6(11)4-10(5)14/h1-2,4,7,11H,3,9H2,(H,12,13). The normalized spacial score (nSPS) is 12.4. The Morgan fingerprint density at radius 3 is 2.79 bits per heavy atom. The van der Waals surface area contributed by atoms with Crippen molar-refractivity contribution in [2.45, 2.75) is 12.5 Å². The third kappa shape index (κ3) is 2.33. The van der Waals surface area contributed by atoms with Crippen LogP contribution in [0.15, 0.2) is 18.3 Å². The van der Waals surface area contributed by atoms with Gasteiger partial charge in [-0.15, -0.1) is 0 Å². The second-order valence-corrected chi connectivity index (χ2v) is 2.85. The van der Waals surface area contributed by atoms with E-state index in [0.29, 0.717) is 4.73 Å². The summed E-state index contributed by atoms with van der Waals surface area (Å²) in [6, 6.07) is 1.53. The Kier molecular flexibility index (Phi) is 2.88. The summed E-state index contributed by atoms with van der Waals surface area (Å²) in [4.78, 5) is 10.4. The van der Waals surface area contributed by atoms with Gasteiger partial charge in [0, 0.05) is 6.07 Å². The van der Waals surface area contributed by atoms with Crippen LogP contribution in [0.2, 0.25) is 0 Å². The Morgan fingerprint density at radius 2 is 2.29 bits per heavy atom. The molecule has 1 heterocycles. The molecule has 0 amide bonds. The van der Waals surface area contributed by atoms with E-state index in [1.165, 1.54) is 12.1 Å². The molecular formula is C8H10N2O4. The van der Waals surface area contributed by atoms with E-state index in [4.69, 9.17) is 15.9 Å². The molecular weight excluding hydrogens is 188 g/mol. The second-order valence-electron chi connectivity index (χ2n) is 2.85. The molecule has 6 nitrogen and oxygen atoms in total. The minimum absolute atomic E-state index is 0.0703. The Morgan fingerprint density at radius 1 is 1.64 bits per heavy atom. The molecule has 1 atom stereocenters. The Balaban J connectivity index is 2.82. The number of aromatic nitrogens is 1. The fourth-order valence-electron chi connectivity index (χ4n) is 0.972. The number of carbonyl (C=O) groups is 1. The fourth-order valence-corrected chi connectivity index (χ4v) is 0.972. The minimum atomic E-state index is -1.17. The van der Waals surface area contributed by atoms with Crippen molar-refractivity contribution in [2.24, 2.45) is 5.73 Å². The summed E-state index contributed by atoms with van der Waals surface area (Å²) in [5.41, 5.74) is 5.45. The third-order valence-corrected chi connectivity index (χ3v) is 1.73. The molecule has 0 spiro atoms. The van der Waals surface area contributed by atoms with Crippen molar-refractivity contribution in [3.8, 4) is 5.75 Å². The fraction of sp³-hybridized carbons (Fsp3) is 0.250. The highest BCUT2D eigenvalue weighted by Gasteiger charge is 2.17. The van der Waals surface area contributed by atoms with Gasteiger partial charge in [-0.2, -0.15) is 4.73 Å². The van der Waals surface area contributed by atoms with Gasteiger partial charge in [0.2, 0.25) is 6.20 Å². The highest BCUT2D eigenvalue weighted by atomic mass is 16.5. The van der Waals surface area contributed by atoms with E-state index in [2.05, 4.69) is 0 Å². The third-order valence-electron chi connectivity index (χ3n) is 1.73. The summed E-state index contributed by atoms with van der Waals surface area (Å²) in [6.45, 7) is 0. The van der Waals surface area contributed by atoms with Crippen LogP contribution in [0, 0.1) is 5.21 Å². The smallest absolute Gasteiger partial charge is 0.321 e. The van der Waals surface area contributed by atoms with Crippen LogP contribution in [0.3, 0.4) is 0 Å². The Hall–Kier alpha value is -1.82. The number of nitrogens with two attached hydrogens (primary N) is 1. The maximum absolute atomic E-state index is 11.1. The van der Waals surface area contributed by atoms with Crippen LogP contribution >= 0.6 is 0 Å². The van der Waals surface area contributed by atoms with Crippen molar-refractivity contribution in [1.29, 1.82) is 0 Å². The lowest BCUT2D eigenvalue weighted by Crippen LogP contribution is -2.39. The number of aliphatic carboxylic acids is 1. The van der Waals surface area contributed by atoms with E-state index >= 15 is 0 Å². The van der Waals surface area contributed by atoms with Crippen LogP contribution < -0.4 is 10.5 Å². The van der Waals surface area contributed by atoms with E-state index in [-0.39, 0.29) is 17.9 Å². The molecule has 0 aliphatic carbocycles. The number of carboxylic acid groups (broad SMARTS) is 1. The number of hydrogen-bond donors (Lipinski definition) is 3. The lowest BCUT2D eigenvalue weighted by atomic mass is 10.1. The van der Waals surface area contributed by atoms with Crippen molar-refractivity contribution in [2.75, 3.05) is 0 Å². The molecule has 0 bridgehead atoms. The first-order valence-electron chi connectivity index (χ1n) is 3.90. The topological polar surface area (TPSA) is 110 Å². The van der Waals surface area contributed by atoms with Crippen LogP contribution in [-0.2, 0) is 11.2 Å². The molecule has 76 valence electrons. The van der Waals surface area contributed by atoms with E-state index in [1.807, 2.05) is 0 Å². The van der Waals surface area contributed by atoms with Crippen molar-refractivity contribution >= 4 is 5.97 Å². The number of hydrogen-bond acceptors (Lipinski definition) is 4. The maximum Gasteiger partial charge on any atom is 0.321 e. The van der Waals surface area contributed by atoms with E-state index in [0.717, 1.165) is 6.20 Å². The summed E-state index contributed by atoms with van der Waals surface area (Å²) < 4.78 is 0.401. The van der Waals surface area contributed by atoms with E-state index < -0.39 is 12.0 Å². The molecule has 4 N–H and O–H groups in total. The summed E-state index contributed by atoms with van der Waals surface area (Å²) in [5, 5.41) is 28.5. The van der Waals surface area contributed by atoms with Crippen LogP contribution in [0.25, 0.3) is 0 Å². The summed E-state index contributed by atoms with van der Waals surface area (Å²) >= 11 is 0. The molecule has 0 radical (unpaired) electrons. The molecule has 1 aromatic rings. The minimum Gasteiger partial charge on any atom is -0.618 e. The zero-order chi connectivity index (χ0) is 10.7. The number of carboxylic acids is 1. The zero-order valence-corrected chi connectivity index (χ0v) is 7.25. The van der Waals surface area contributed by atoms with E-state index in [1.54, 1.807) is 0 Å². The molecule has 0 saturated heterocycles. The number of pyridine rings is 1. The lowest BCUT2D eigenvalue weighted by Gasteiger charge is -2.07. The van der Waals surface area contributed by atoms with Gasteiger partial charge in [0.15, 0.2) is 11.4 Å². The van der Waals surface area contributed by atoms with Gasteiger partial charge >= 0.3 is 5.97 Å². The van der Waals surface area contributed by atoms with Gasteiger partial charge in [0.1, 0.15) is 6.04 Å². The average molecular weight is 198 g/mol. The van der Waals surface area contributed by atoms with Crippen LogP contribution in [0.4, 0.5) is 0 Å². The molecule has 1 unspecified atom stereocenters. The molecule has 0 aromatic carbocycles. The maximum atomic E-state index is 11.1. The lowest BCUT2D eigenvalue weighted by molar-refractivity contribution is -0.614. The number of nitrogens with zero attached hydrogens (tertiary/aromatic N) is 1. The quantitative estimate of drug-likeness (QED) is 0.425. The first-order valence-corrected chi connectivity index (χ1v) is 3.90. The van der Waals surface area contributed by atoms with Gasteiger partial charge in [0.05, 0.1) is 6.42 Å². The van der Waals surface area contributed by atoms with Gasteiger partial charge in [-0.3, -0.25) is 4.79 Å². The van der Waals surface area contributed by atoms with Crippen LogP contribution in [0.5, 0.6) is 5.75 Å². The Bertz CT molecular complexity index is 353. The zero-order valence-electron chi connectivity index (χ0n) is 7.25. The SMILES string of the molecule is NC(Cc1ccc(O)c[n+]1[O-])C(=O)O. The van der Waals surface area contributed by atoms with Gasteiger partial charge in [-0.25, -0.2) is 0 Å². The highest BCUT2D eigenvalue weighted by molar-refractivity contribution is 5.73. The summed E-state index contributed by atoms with van der Waals surface area (Å²) in [5.74, 6) is -1.34. The van der Waals surface area contributed by atoms with Crippen molar-refractivity contribution < 1.29 is 19.7 Å². The molecule has 14 heavy (non-hydrogen) atoms. The van der Waals surface area contributed by atoms with Gasteiger partial charge in [0.25, 0.3) is 0 Å². The predicted octanol–water partition coefficient (Wildman–Crippen LogP) is -1.02. The van der Waals surface area contributed by atoms with Crippen LogP contribution in [-0.4, -0.2) is 22.2 Å². The number of aromatic hydroxyl groups is 1. The first kappa shape index (κ1) is 10.3. The van der Waals surface area contributed by atoms with Crippen molar-refractivity contribution in [3.05, 3.63) is 29.2 Å². The molecule has 1 rings (SSSR count). The van der Waals surface area contributed by atoms with Gasteiger partial charge in [-0.05, 0) is 6.07 Å². The monoisotopic (exact) mass is 198 g/mol. The molecule has 6 heteroatoms. The summed E-state index contributed by atoms with van der Waals surface area (Å²) in [7, 11) is 0. The largest absolute Gasteiger partial charge is 0.618 e.